The largest absolute Gasteiger partial charge is 0.342 e. The molecular weight excluding hydrogens is 352 g/mol. The average Bonchev–Trinajstić information content (AvgIpc) is 3.37. The molecule has 1 amide bonds. The van der Waals surface area contributed by atoms with Crippen LogP contribution in [0.3, 0.4) is 0 Å². The minimum Gasteiger partial charge on any atom is -0.342 e. The smallest absolute Gasteiger partial charge is 0.258 e. The van der Waals surface area contributed by atoms with Crippen molar-refractivity contribution in [2.24, 2.45) is 11.8 Å². The lowest BCUT2D eigenvalue weighted by Crippen LogP contribution is -2.49. The summed E-state index contributed by atoms with van der Waals surface area (Å²) in [7, 11) is 0. The number of amides is 1. The first-order chi connectivity index (χ1) is 13.6. The maximum Gasteiger partial charge on any atom is 0.258 e. The summed E-state index contributed by atoms with van der Waals surface area (Å²) in [5.41, 5.74) is 0.706. The molecule has 0 N–H and O–H groups in total. The lowest BCUT2D eigenvalue weighted by Gasteiger charge is -2.41. The highest BCUT2D eigenvalue weighted by molar-refractivity contribution is 5.76. The van der Waals surface area contributed by atoms with Crippen LogP contribution < -0.4 is 0 Å². The topological polar surface area (TPSA) is 72.1 Å². The van der Waals surface area contributed by atoms with E-state index in [0.29, 0.717) is 18.2 Å². The number of hydrogen-bond donors (Lipinski definition) is 0. The Morgan fingerprint density at radius 1 is 1.32 bits per heavy atom. The quantitative estimate of drug-likeness (QED) is 0.717. The fourth-order valence-corrected chi connectivity index (χ4v) is 4.28. The number of carbonyl (C=O) groups excluding carboxylic acids is 1. The Labute approximate surface area is 166 Å². The Morgan fingerprint density at radius 2 is 2.11 bits per heavy atom. The van der Waals surface area contributed by atoms with Crippen molar-refractivity contribution < 1.29 is 9.32 Å². The second-order valence-electron chi connectivity index (χ2n) is 8.94. The molecule has 28 heavy (non-hydrogen) atoms. The maximum absolute atomic E-state index is 12.8. The first-order valence-corrected chi connectivity index (χ1v) is 10.6. The van der Waals surface area contributed by atoms with E-state index in [-0.39, 0.29) is 11.3 Å². The standard InChI is InChI=1S/C22H30N4O2/c1-16(2)4-7-19(27)26-13-3-10-22(15-26,14-17-5-6-17)21-24-20(28-25-21)18-8-11-23-12-9-18/h8-9,11-12,16-17H,3-7,10,13-15H2,1-2H3. The molecule has 6 nitrogen and oxygen atoms in total. The normalized spacial score (nSPS) is 22.6. The van der Waals surface area contributed by atoms with Crippen LogP contribution in [0, 0.1) is 11.8 Å². The van der Waals surface area contributed by atoms with Gasteiger partial charge in [-0.2, -0.15) is 4.98 Å². The second-order valence-corrected chi connectivity index (χ2v) is 8.94. The van der Waals surface area contributed by atoms with E-state index >= 15 is 0 Å². The van der Waals surface area contributed by atoms with Crippen molar-refractivity contribution in [1.29, 1.82) is 0 Å². The highest BCUT2D eigenvalue weighted by Crippen LogP contribution is 2.46. The molecule has 2 aliphatic rings. The molecular formula is C22H30N4O2. The number of hydrogen-bond acceptors (Lipinski definition) is 5. The molecule has 1 aliphatic heterocycles. The minimum atomic E-state index is -0.179. The summed E-state index contributed by atoms with van der Waals surface area (Å²) in [5.74, 6) is 2.86. The van der Waals surface area contributed by atoms with Crippen LogP contribution in [-0.2, 0) is 10.2 Å². The number of aromatic nitrogens is 3. The molecule has 1 saturated heterocycles. The predicted molar refractivity (Wildman–Crippen MR) is 106 cm³/mol. The van der Waals surface area contributed by atoms with Gasteiger partial charge in [0.15, 0.2) is 5.82 Å². The molecule has 1 aliphatic carbocycles. The lowest BCUT2D eigenvalue weighted by molar-refractivity contribution is -0.134. The van der Waals surface area contributed by atoms with Crippen LogP contribution in [0.2, 0.25) is 0 Å². The molecule has 0 radical (unpaired) electrons. The molecule has 0 aromatic carbocycles. The Balaban J connectivity index is 1.56. The predicted octanol–water partition coefficient (Wildman–Crippen LogP) is 4.23. The lowest BCUT2D eigenvalue weighted by atomic mass is 9.74. The summed E-state index contributed by atoms with van der Waals surface area (Å²) in [4.78, 5) is 23.7. The Kier molecular flexibility index (Phi) is 5.47. The summed E-state index contributed by atoms with van der Waals surface area (Å²) in [6.45, 7) is 5.90. The Bertz CT molecular complexity index is 800. The first kappa shape index (κ1) is 19.1. The molecule has 1 unspecified atom stereocenters. The van der Waals surface area contributed by atoms with E-state index in [4.69, 9.17) is 9.51 Å². The van der Waals surface area contributed by atoms with Crippen molar-refractivity contribution in [3.05, 3.63) is 30.4 Å². The highest BCUT2D eigenvalue weighted by Gasteiger charge is 2.45. The van der Waals surface area contributed by atoms with Gasteiger partial charge in [-0.25, -0.2) is 0 Å². The number of nitrogens with zero attached hydrogens (tertiary/aromatic N) is 4. The third-order valence-electron chi connectivity index (χ3n) is 6.07. The Hall–Kier alpha value is -2.24. The zero-order chi connectivity index (χ0) is 19.6. The molecule has 2 aromatic rings. The van der Waals surface area contributed by atoms with Crippen LogP contribution in [-0.4, -0.2) is 39.0 Å². The van der Waals surface area contributed by atoms with Crippen LogP contribution in [0.5, 0.6) is 0 Å². The fraction of sp³-hybridized carbons (Fsp3) is 0.636. The van der Waals surface area contributed by atoms with Crippen LogP contribution in [0.4, 0.5) is 0 Å². The molecule has 1 saturated carbocycles. The second kappa shape index (κ2) is 8.02. The summed E-state index contributed by atoms with van der Waals surface area (Å²) in [5, 5.41) is 4.39. The summed E-state index contributed by atoms with van der Waals surface area (Å²) in [6, 6.07) is 3.76. The van der Waals surface area contributed by atoms with Gasteiger partial charge in [-0.15, -0.1) is 0 Å². The SMILES string of the molecule is CC(C)CCC(=O)N1CCCC(CC2CC2)(c2noc(-c3ccncc3)n2)C1. The van der Waals surface area contributed by atoms with Crippen LogP contribution in [0.1, 0.15) is 64.6 Å². The average molecular weight is 383 g/mol. The van der Waals surface area contributed by atoms with E-state index in [2.05, 4.69) is 28.9 Å². The van der Waals surface area contributed by atoms with E-state index in [9.17, 15) is 4.79 Å². The molecule has 150 valence electrons. The van der Waals surface area contributed by atoms with Crippen molar-refractivity contribution in [1.82, 2.24) is 20.0 Å². The molecule has 4 rings (SSSR count). The molecule has 6 heteroatoms. The van der Waals surface area contributed by atoms with Gasteiger partial charge in [0.1, 0.15) is 0 Å². The van der Waals surface area contributed by atoms with E-state index in [1.54, 1.807) is 12.4 Å². The molecule has 0 bridgehead atoms. The number of rotatable bonds is 7. The first-order valence-electron chi connectivity index (χ1n) is 10.6. The minimum absolute atomic E-state index is 0.179. The molecule has 0 spiro atoms. The van der Waals surface area contributed by atoms with Gasteiger partial charge in [0, 0.05) is 37.5 Å². The van der Waals surface area contributed by atoms with Gasteiger partial charge in [-0.05, 0) is 49.7 Å². The van der Waals surface area contributed by atoms with Gasteiger partial charge in [-0.1, -0.05) is 31.8 Å². The summed E-state index contributed by atoms with van der Waals surface area (Å²) >= 11 is 0. The van der Waals surface area contributed by atoms with Crippen molar-refractivity contribution >= 4 is 5.91 Å². The number of piperidine rings is 1. The van der Waals surface area contributed by atoms with E-state index in [1.807, 2.05) is 12.1 Å². The number of pyridine rings is 1. The third-order valence-corrected chi connectivity index (χ3v) is 6.07. The van der Waals surface area contributed by atoms with Gasteiger partial charge in [0.25, 0.3) is 5.89 Å². The maximum atomic E-state index is 12.8. The number of likely N-dealkylation sites (tertiary alicyclic amines) is 1. The zero-order valence-electron chi connectivity index (χ0n) is 16.9. The molecule has 3 heterocycles. The van der Waals surface area contributed by atoms with E-state index in [0.717, 1.165) is 56.1 Å². The van der Waals surface area contributed by atoms with Crippen molar-refractivity contribution in [3.63, 3.8) is 0 Å². The zero-order valence-corrected chi connectivity index (χ0v) is 16.9. The van der Waals surface area contributed by atoms with E-state index in [1.165, 1.54) is 12.8 Å². The van der Waals surface area contributed by atoms with Crippen LogP contribution >= 0.6 is 0 Å². The Morgan fingerprint density at radius 3 is 2.82 bits per heavy atom. The van der Waals surface area contributed by atoms with Gasteiger partial charge in [0.2, 0.25) is 5.91 Å². The van der Waals surface area contributed by atoms with Gasteiger partial charge in [0.05, 0.1) is 5.41 Å². The van der Waals surface area contributed by atoms with Crippen molar-refractivity contribution in [3.8, 4) is 11.5 Å². The van der Waals surface area contributed by atoms with E-state index < -0.39 is 0 Å². The van der Waals surface area contributed by atoms with Crippen LogP contribution in [0.15, 0.2) is 29.0 Å². The molecule has 2 aromatic heterocycles. The molecule has 2 fully saturated rings. The molecule has 1 atom stereocenters. The van der Waals surface area contributed by atoms with Gasteiger partial charge in [-0.3, -0.25) is 9.78 Å². The van der Waals surface area contributed by atoms with Gasteiger partial charge >= 0.3 is 0 Å². The monoisotopic (exact) mass is 382 g/mol. The van der Waals surface area contributed by atoms with Crippen molar-refractivity contribution in [2.75, 3.05) is 13.1 Å². The summed E-state index contributed by atoms with van der Waals surface area (Å²) in [6.07, 6.45) is 10.7. The van der Waals surface area contributed by atoms with Crippen molar-refractivity contribution in [2.45, 2.75) is 64.2 Å². The number of carbonyl (C=O) groups is 1. The third kappa shape index (κ3) is 4.26. The fourth-order valence-electron chi connectivity index (χ4n) is 4.28. The highest BCUT2D eigenvalue weighted by atomic mass is 16.5. The van der Waals surface area contributed by atoms with Gasteiger partial charge < -0.3 is 9.42 Å². The van der Waals surface area contributed by atoms with Crippen LogP contribution in [0.25, 0.3) is 11.5 Å². The summed E-state index contributed by atoms with van der Waals surface area (Å²) < 4.78 is 5.61.